The van der Waals surface area contributed by atoms with Gasteiger partial charge in [-0.2, -0.15) is 0 Å². The topological polar surface area (TPSA) is 66.5 Å². The fraction of sp³-hybridized carbons (Fsp3) is 0.632. The van der Waals surface area contributed by atoms with Gasteiger partial charge in [-0.3, -0.25) is 4.79 Å². The van der Waals surface area contributed by atoms with Crippen molar-refractivity contribution in [3.63, 3.8) is 0 Å². The minimum atomic E-state index is -3.15. The zero-order chi connectivity index (χ0) is 17.9. The minimum Gasteiger partial charge on any atom is -0.338 e. The maximum Gasteiger partial charge on any atom is 0.253 e. The van der Waals surface area contributed by atoms with E-state index in [0.29, 0.717) is 18.9 Å². The van der Waals surface area contributed by atoms with Gasteiger partial charge in [0.05, 0.1) is 6.26 Å². The third kappa shape index (κ3) is 5.05. The lowest BCUT2D eigenvalue weighted by Gasteiger charge is -2.41. The van der Waals surface area contributed by atoms with Crippen LogP contribution in [0.15, 0.2) is 24.3 Å². The molecular weight excluding hydrogens is 336 g/mol. The van der Waals surface area contributed by atoms with Crippen molar-refractivity contribution in [2.24, 2.45) is 11.8 Å². The van der Waals surface area contributed by atoms with Crippen LogP contribution in [0.3, 0.4) is 0 Å². The van der Waals surface area contributed by atoms with Crippen LogP contribution in [0.4, 0.5) is 0 Å². The van der Waals surface area contributed by atoms with Gasteiger partial charge in [0.2, 0.25) is 10.0 Å². The molecule has 3 rings (SSSR count). The number of nitrogens with zero attached hydrogens (tertiary/aromatic N) is 1. The van der Waals surface area contributed by atoms with E-state index >= 15 is 0 Å². The Hall–Kier alpha value is -1.40. The Morgan fingerprint density at radius 2 is 1.80 bits per heavy atom. The van der Waals surface area contributed by atoms with Gasteiger partial charge in [0.15, 0.2) is 0 Å². The molecule has 1 N–H and O–H groups in total. The molecule has 0 radical (unpaired) electrons. The van der Waals surface area contributed by atoms with Crippen LogP contribution in [0.2, 0.25) is 0 Å². The highest BCUT2D eigenvalue weighted by atomic mass is 32.2. The van der Waals surface area contributed by atoms with Gasteiger partial charge in [0.1, 0.15) is 0 Å². The monoisotopic (exact) mass is 364 g/mol. The molecule has 0 bridgehead atoms. The summed E-state index contributed by atoms with van der Waals surface area (Å²) in [6.07, 6.45) is 8.18. The lowest BCUT2D eigenvalue weighted by atomic mass is 9.75. The Morgan fingerprint density at radius 3 is 2.48 bits per heavy atom. The quantitative estimate of drug-likeness (QED) is 0.873. The summed E-state index contributed by atoms with van der Waals surface area (Å²) in [7, 11) is -3.15. The lowest BCUT2D eigenvalue weighted by molar-refractivity contribution is 0.0521. The van der Waals surface area contributed by atoms with Crippen molar-refractivity contribution >= 4 is 15.9 Å². The molecule has 1 aliphatic carbocycles. The molecule has 1 aromatic carbocycles. The van der Waals surface area contributed by atoms with Crippen LogP contribution in [0.1, 0.15) is 48.0 Å². The molecule has 2 atom stereocenters. The first-order valence-electron chi connectivity index (χ1n) is 9.25. The predicted molar refractivity (Wildman–Crippen MR) is 99.0 cm³/mol. The van der Waals surface area contributed by atoms with Crippen molar-refractivity contribution in [1.29, 1.82) is 0 Å². The van der Waals surface area contributed by atoms with Gasteiger partial charge < -0.3 is 4.90 Å². The van der Waals surface area contributed by atoms with Gasteiger partial charge in [-0.1, -0.05) is 31.4 Å². The zero-order valence-corrected chi connectivity index (χ0v) is 15.7. The average Bonchev–Trinajstić information content (AvgIpc) is 2.60. The lowest BCUT2D eigenvalue weighted by Crippen LogP contribution is -2.44. The number of likely N-dealkylation sites (tertiary alicyclic amines) is 1. The SMILES string of the molecule is CS(=O)(=O)NCCc1ccc(C(=O)N2CCC3CCCCC3C2)cc1. The molecule has 1 saturated heterocycles. The number of hydrogen-bond acceptors (Lipinski definition) is 3. The summed E-state index contributed by atoms with van der Waals surface area (Å²) >= 11 is 0. The summed E-state index contributed by atoms with van der Waals surface area (Å²) < 4.78 is 24.6. The maximum absolute atomic E-state index is 12.8. The second-order valence-corrected chi connectivity index (χ2v) is 9.29. The molecule has 2 aliphatic rings. The number of sulfonamides is 1. The first-order chi connectivity index (χ1) is 11.9. The van der Waals surface area contributed by atoms with Crippen LogP contribution in [0.5, 0.6) is 0 Å². The smallest absolute Gasteiger partial charge is 0.253 e. The number of carbonyl (C=O) groups is 1. The van der Waals surface area contributed by atoms with E-state index in [1.54, 1.807) is 0 Å². The standard InChI is InChI=1S/C19H28N2O3S/c1-25(23,24)20-12-10-15-6-8-17(9-7-15)19(22)21-13-11-16-4-2-3-5-18(16)14-21/h6-9,16,18,20H,2-5,10-14H2,1H3. The molecule has 1 heterocycles. The van der Waals surface area contributed by atoms with Gasteiger partial charge in [0.25, 0.3) is 5.91 Å². The largest absolute Gasteiger partial charge is 0.338 e. The van der Waals surface area contributed by atoms with Gasteiger partial charge in [-0.25, -0.2) is 13.1 Å². The van der Waals surface area contributed by atoms with Crippen molar-refractivity contribution in [2.75, 3.05) is 25.9 Å². The van der Waals surface area contributed by atoms with E-state index in [9.17, 15) is 13.2 Å². The first-order valence-corrected chi connectivity index (χ1v) is 11.1. The summed E-state index contributed by atoms with van der Waals surface area (Å²) in [5.74, 6) is 1.64. The van der Waals surface area contributed by atoms with Crippen molar-refractivity contribution in [3.8, 4) is 0 Å². The molecule has 25 heavy (non-hydrogen) atoms. The van der Waals surface area contributed by atoms with Crippen LogP contribution >= 0.6 is 0 Å². The average molecular weight is 365 g/mol. The van der Waals surface area contributed by atoms with Crippen molar-refractivity contribution in [2.45, 2.75) is 38.5 Å². The number of carbonyl (C=O) groups excluding carboxylic acids is 1. The molecule has 1 aromatic rings. The van der Waals surface area contributed by atoms with Crippen molar-refractivity contribution < 1.29 is 13.2 Å². The van der Waals surface area contributed by atoms with E-state index in [0.717, 1.165) is 42.8 Å². The molecule has 0 spiro atoms. The molecule has 138 valence electrons. The third-order valence-corrected chi connectivity index (χ3v) is 6.29. The fourth-order valence-corrected chi connectivity index (χ4v) is 4.64. The van der Waals surface area contributed by atoms with Gasteiger partial charge in [0, 0.05) is 25.2 Å². The summed E-state index contributed by atoms with van der Waals surface area (Å²) in [6, 6.07) is 7.57. The predicted octanol–water partition coefficient (Wildman–Crippen LogP) is 2.43. The number of piperidine rings is 1. The molecular formula is C19H28N2O3S. The molecule has 1 saturated carbocycles. The molecule has 0 aromatic heterocycles. The van der Waals surface area contributed by atoms with Crippen LogP contribution in [0, 0.1) is 11.8 Å². The second-order valence-electron chi connectivity index (χ2n) is 7.46. The highest BCUT2D eigenvalue weighted by Gasteiger charge is 2.33. The number of amides is 1. The number of rotatable bonds is 5. The summed E-state index contributed by atoms with van der Waals surface area (Å²) in [5.41, 5.74) is 1.76. The normalized spacial score (nSPS) is 24.0. The van der Waals surface area contributed by atoms with E-state index in [-0.39, 0.29) is 5.91 Å². The van der Waals surface area contributed by atoms with Crippen LogP contribution in [-0.4, -0.2) is 45.1 Å². The van der Waals surface area contributed by atoms with E-state index < -0.39 is 10.0 Å². The molecule has 1 aliphatic heterocycles. The van der Waals surface area contributed by atoms with Crippen LogP contribution < -0.4 is 4.72 Å². The highest BCUT2D eigenvalue weighted by Crippen LogP contribution is 2.36. The molecule has 6 heteroatoms. The number of benzene rings is 1. The van der Waals surface area contributed by atoms with Crippen LogP contribution in [0.25, 0.3) is 0 Å². The second kappa shape index (κ2) is 7.87. The Labute approximate surface area is 150 Å². The van der Waals surface area contributed by atoms with E-state index in [1.165, 1.54) is 25.7 Å². The zero-order valence-electron chi connectivity index (χ0n) is 14.9. The van der Waals surface area contributed by atoms with Crippen molar-refractivity contribution in [3.05, 3.63) is 35.4 Å². The Bertz CT molecular complexity index is 700. The first kappa shape index (κ1) is 18.4. The number of hydrogen-bond donors (Lipinski definition) is 1. The van der Waals surface area contributed by atoms with E-state index in [2.05, 4.69) is 4.72 Å². The van der Waals surface area contributed by atoms with E-state index in [1.807, 2.05) is 29.2 Å². The van der Waals surface area contributed by atoms with E-state index in [4.69, 9.17) is 0 Å². The highest BCUT2D eigenvalue weighted by molar-refractivity contribution is 7.88. The summed E-state index contributed by atoms with van der Waals surface area (Å²) in [5, 5.41) is 0. The van der Waals surface area contributed by atoms with Gasteiger partial charge >= 0.3 is 0 Å². The molecule has 2 fully saturated rings. The fourth-order valence-electron chi connectivity index (χ4n) is 4.16. The molecule has 1 amide bonds. The Balaban J connectivity index is 1.55. The molecule has 2 unspecified atom stereocenters. The van der Waals surface area contributed by atoms with Crippen molar-refractivity contribution in [1.82, 2.24) is 9.62 Å². The summed E-state index contributed by atoms with van der Waals surface area (Å²) in [6.45, 7) is 2.16. The maximum atomic E-state index is 12.8. The van der Waals surface area contributed by atoms with Gasteiger partial charge in [-0.05, 0) is 48.8 Å². The third-order valence-electron chi connectivity index (χ3n) is 5.56. The molecule has 5 nitrogen and oxygen atoms in total. The summed E-state index contributed by atoms with van der Waals surface area (Å²) in [4.78, 5) is 14.8. The number of fused-ring (bicyclic) bond motifs is 1. The Kier molecular flexibility index (Phi) is 5.79. The minimum absolute atomic E-state index is 0.129. The Morgan fingerprint density at radius 1 is 1.12 bits per heavy atom. The number of nitrogens with one attached hydrogen (secondary N) is 1. The van der Waals surface area contributed by atoms with Gasteiger partial charge in [-0.15, -0.1) is 0 Å². The van der Waals surface area contributed by atoms with Crippen LogP contribution in [-0.2, 0) is 16.4 Å².